The van der Waals surface area contributed by atoms with Gasteiger partial charge in [-0.15, -0.1) is 0 Å². The van der Waals surface area contributed by atoms with Crippen molar-refractivity contribution in [3.8, 4) is 5.75 Å². The Morgan fingerprint density at radius 1 is 1.41 bits per heavy atom. The lowest BCUT2D eigenvalue weighted by Crippen LogP contribution is -2.25. The van der Waals surface area contributed by atoms with Gasteiger partial charge in [0.1, 0.15) is 18.2 Å². The van der Waals surface area contributed by atoms with Crippen LogP contribution in [0.5, 0.6) is 5.75 Å². The third kappa shape index (κ3) is 5.86. The molecule has 0 saturated carbocycles. The normalized spacial score (nSPS) is 13.1. The molecule has 146 valence electrons. The number of aryl methyl sites for hydroxylation is 1. The predicted molar refractivity (Wildman–Crippen MR) is 104 cm³/mol. The number of anilines is 1. The standard InChI is InChI=1S/C18H23BrN4O4/c1-10(16(25)12(3)24)5-4-6-27-15-8-14(11(2)7-13(15)19)22-18(26)17-20-9-21-23-17/h7-10,16,25H,4-6H2,1-3H3,(H,22,26)(H,20,21,23). The second-order valence-electron chi connectivity index (χ2n) is 6.41. The van der Waals surface area contributed by atoms with E-state index < -0.39 is 12.0 Å². The molecule has 9 heteroatoms. The number of carbonyl (C=O) groups is 2. The number of hydrogen-bond acceptors (Lipinski definition) is 6. The fourth-order valence-electron chi connectivity index (χ4n) is 2.54. The summed E-state index contributed by atoms with van der Waals surface area (Å²) in [7, 11) is 0. The molecule has 27 heavy (non-hydrogen) atoms. The van der Waals surface area contributed by atoms with Crippen molar-refractivity contribution in [3.05, 3.63) is 34.3 Å². The summed E-state index contributed by atoms with van der Waals surface area (Å²) >= 11 is 3.46. The lowest BCUT2D eigenvalue weighted by atomic mass is 9.97. The molecule has 3 N–H and O–H groups in total. The molecule has 0 aliphatic rings. The van der Waals surface area contributed by atoms with Crippen LogP contribution in [0, 0.1) is 12.8 Å². The number of hydrogen-bond donors (Lipinski definition) is 3. The third-order valence-electron chi connectivity index (χ3n) is 4.17. The Labute approximate surface area is 165 Å². The first-order valence-corrected chi connectivity index (χ1v) is 9.37. The van der Waals surface area contributed by atoms with Gasteiger partial charge in [0, 0.05) is 11.8 Å². The van der Waals surface area contributed by atoms with Crippen molar-refractivity contribution in [1.82, 2.24) is 15.2 Å². The molecule has 0 saturated heterocycles. The molecule has 2 atom stereocenters. The quantitative estimate of drug-likeness (QED) is 0.518. The third-order valence-corrected chi connectivity index (χ3v) is 4.79. The van der Waals surface area contributed by atoms with E-state index in [4.69, 9.17) is 4.74 Å². The fourth-order valence-corrected chi connectivity index (χ4v) is 3.11. The maximum absolute atomic E-state index is 12.1. The smallest absolute Gasteiger partial charge is 0.292 e. The Hall–Kier alpha value is -2.26. The minimum atomic E-state index is -0.936. The van der Waals surface area contributed by atoms with Gasteiger partial charge in [-0.3, -0.25) is 14.7 Å². The molecule has 0 bridgehead atoms. The zero-order chi connectivity index (χ0) is 20.0. The van der Waals surface area contributed by atoms with Crippen molar-refractivity contribution in [1.29, 1.82) is 0 Å². The van der Waals surface area contributed by atoms with Gasteiger partial charge in [-0.2, -0.15) is 5.10 Å². The number of benzene rings is 1. The number of H-pyrrole nitrogens is 1. The molecule has 2 aromatic rings. The molecule has 0 spiro atoms. The zero-order valence-corrected chi connectivity index (χ0v) is 17.0. The monoisotopic (exact) mass is 438 g/mol. The van der Waals surface area contributed by atoms with Crippen LogP contribution in [0.15, 0.2) is 22.9 Å². The van der Waals surface area contributed by atoms with E-state index in [-0.39, 0.29) is 17.5 Å². The Morgan fingerprint density at radius 3 is 2.78 bits per heavy atom. The van der Waals surface area contributed by atoms with Crippen LogP contribution in [0.25, 0.3) is 0 Å². The molecule has 0 aliphatic heterocycles. The maximum Gasteiger partial charge on any atom is 0.292 e. The number of aromatic nitrogens is 3. The van der Waals surface area contributed by atoms with Gasteiger partial charge in [-0.25, -0.2) is 4.98 Å². The molecule has 2 unspecified atom stereocenters. The number of nitrogens with zero attached hydrogens (tertiary/aromatic N) is 2. The van der Waals surface area contributed by atoms with Gasteiger partial charge in [0.05, 0.1) is 11.1 Å². The largest absolute Gasteiger partial charge is 0.492 e. The number of nitrogens with one attached hydrogen (secondary N) is 2. The number of carbonyl (C=O) groups excluding carboxylic acids is 2. The first kappa shape index (κ1) is 21.0. The number of Topliss-reactive ketones (excluding diaryl/α,β-unsaturated/α-hetero) is 1. The molecule has 1 amide bonds. The van der Waals surface area contributed by atoms with Crippen molar-refractivity contribution in [2.24, 2.45) is 5.92 Å². The van der Waals surface area contributed by atoms with Gasteiger partial charge in [-0.05, 0) is 60.2 Å². The number of aliphatic hydroxyl groups excluding tert-OH is 1. The number of aromatic amines is 1. The summed E-state index contributed by atoms with van der Waals surface area (Å²) in [6, 6.07) is 3.59. The second kappa shape index (κ2) is 9.61. The van der Waals surface area contributed by atoms with E-state index in [9.17, 15) is 14.7 Å². The van der Waals surface area contributed by atoms with Gasteiger partial charge < -0.3 is 15.2 Å². The lowest BCUT2D eigenvalue weighted by molar-refractivity contribution is -0.127. The Morgan fingerprint density at radius 2 is 2.15 bits per heavy atom. The number of amides is 1. The van der Waals surface area contributed by atoms with Gasteiger partial charge in [0.25, 0.3) is 5.91 Å². The predicted octanol–water partition coefficient (Wildman–Crippen LogP) is 2.87. The molecule has 1 aromatic heterocycles. The van der Waals surface area contributed by atoms with E-state index >= 15 is 0 Å². The minimum Gasteiger partial charge on any atom is -0.492 e. The van der Waals surface area contributed by atoms with Crippen LogP contribution in [0.3, 0.4) is 0 Å². The van der Waals surface area contributed by atoms with Crippen LogP contribution in [0.4, 0.5) is 5.69 Å². The number of ether oxygens (including phenoxy) is 1. The van der Waals surface area contributed by atoms with Crippen LogP contribution < -0.4 is 10.1 Å². The van der Waals surface area contributed by atoms with E-state index in [0.29, 0.717) is 30.9 Å². The molecular formula is C18H23BrN4O4. The van der Waals surface area contributed by atoms with Crippen LogP contribution in [0.1, 0.15) is 42.9 Å². The first-order chi connectivity index (χ1) is 12.8. The molecule has 0 fully saturated rings. The highest BCUT2D eigenvalue weighted by Crippen LogP contribution is 2.32. The molecule has 1 heterocycles. The highest BCUT2D eigenvalue weighted by Gasteiger charge is 2.18. The Bertz CT molecular complexity index is 795. The average Bonchev–Trinajstić information content (AvgIpc) is 3.15. The SMILES string of the molecule is CC(=O)C(O)C(C)CCCOc1cc(NC(=O)c2ncn[nH]2)c(C)cc1Br. The molecule has 1 aromatic carbocycles. The number of halogens is 1. The van der Waals surface area contributed by atoms with E-state index in [1.807, 2.05) is 19.9 Å². The van der Waals surface area contributed by atoms with Crippen LogP contribution in [0.2, 0.25) is 0 Å². The maximum atomic E-state index is 12.1. The number of rotatable bonds is 9. The molecule has 2 rings (SSSR count). The highest BCUT2D eigenvalue weighted by molar-refractivity contribution is 9.10. The minimum absolute atomic E-state index is 0.121. The van der Waals surface area contributed by atoms with Gasteiger partial charge in [-0.1, -0.05) is 6.92 Å². The molecular weight excluding hydrogens is 416 g/mol. The molecule has 0 radical (unpaired) electrons. The van der Waals surface area contributed by atoms with Crippen molar-refractivity contribution >= 4 is 33.3 Å². The summed E-state index contributed by atoms with van der Waals surface area (Å²) < 4.78 is 6.57. The summed E-state index contributed by atoms with van der Waals surface area (Å²) in [4.78, 5) is 27.1. The lowest BCUT2D eigenvalue weighted by Gasteiger charge is -2.17. The van der Waals surface area contributed by atoms with Gasteiger partial charge in [0.15, 0.2) is 5.78 Å². The Kier molecular flexibility index (Phi) is 7.49. The van der Waals surface area contributed by atoms with Gasteiger partial charge >= 0.3 is 0 Å². The number of aliphatic hydroxyl groups is 1. The topological polar surface area (TPSA) is 117 Å². The van der Waals surface area contributed by atoms with Crippen molar-refractivity contribution in [2.75, 3.05) is 11.9 Å². The van der Waals surface area contributed by atoms with Crippen LogP contribution >= 0.6 is 15.9 Å². The van der Waals surface area contributed by atoms with Crippen LogP contribution in [-0.2, 0) is 4.79 Å². The van der Waals surface area contributed by atoms with Crippen molar-refractivity contribution < 1.29 is 19.4 Å². The van der Waals surface area contributed by atoms with Gasteiger partial charge in [0.2, 0.25) is 5.82 Å². The first-order valence-electron chi connectivity index (χ1n) is 8.57. The average molecular weight is 439 g/mol. The molecule has 8 nitrogen and oxygen atoms in total. The van der Waals surface area contributed by atoms with E-state index in [0.717, 1.165) is 10.0 Å². The zero-order valence-electron chi connectivity index (χ0n) is 15.5. The number of ketones is 1. The second-order valence-corrected chi connectivity index (χ2v) is 7.26. The summed E-state index contributed by atoms with van der Waals surface area (Å²) in [6.45, 7) is 5.52. The molecule has 0 aliphatic carbocycles. The van der Waals surface area contributed by atoms with E-state index in [1.54, 1.807) is 6.07 Å². The van der Waals surface area contributed by atoms with Crippen molar-refractivity contribution in [2.45, 2.75) is 39.7 Å². The Balaban J connectivity index is 1.95. The van der Waals surface area contributed by atoms with E-state index in [1.165, 1.54) is 13.3 Å². The summed E-state index contributed by atoms with van der Waals surface area (Å²) in [5, 5.41) is 18.7. The summed E-state index contributed by atoms with van der Waals surface area (Å²) in [5.74, 6) is -0.0249. The highest BCUT2D eigenvalue weighted by atomic mass is 79.9. The van der Waals surface area contributed by atoms with Crippen LogP contribution in [-0.4, -0.2) is 44.7 Å². The summed E-state index contributed by atoms with van der Waals surface area (Å²) in [6.07, 6.45) is 1.68. The fraction of sp³-hybridized carbons (Fsp3) is 0.444. The summed E-state index contributed by atoms with van der Waals surface area (Å²) in [5.41, 5.74) is 1.47. The van der Waals surface area contributed by atoms with E-state index in [2.05, 4.69) is 36.4 Å². The van der Waals surface area contributed by atoms with Crippen molar-refractivity contribution in [3.63, 3.8) is 0 Å².